The van der Waals surface area contributed by atoms with Gasteiger partial charge in [-0.05, 0) is 44.6 Å². The molecule has 2 bridgehead atoms. The molecule has 0 aromatic rings. The van der Waals surface area contributed by atoms with E-state index >= 15 is 0 Å². The van der Waals surface area contributed by atoms with E-state index in [-0.39, 0.29) is 5.41 Å². The van der Waals surface area contributed by atoms with Crippen LogP contribution in [0.3, 0.4) is 0 Å². The van der Waals surface area contributed by atoms with Gasteiger partial charge in [-0.1, -0.05) is 6.42 Å². The molecule has 3 rings (SSSR count). The molecule has 1 saturated heterocycles. The maximum atomic E-state index is 11.0. The van der Waals surface area contributed by atoms with Gasteiger partial charge < -0.3 is 15.7 Å². The molecule has 0 aromatic heterocycles. The van der Waals surface area contributed by atoms with Crippen molar-refractivity contribution in [1.29, 1.82) is 0 Å². The molecule has 92 valence electrons. The number of fused-ring (bicyclic) bond motifs is 2. The summed E-state index contributed by atoms with van der Waals surface area (Å²) in [7, 11) is 2.11. The lowest BCUT2D eigenvalue weighted by molar-refractivity contribution is -0.0996. The molecule has 2 saturated carbocycles. The van der Waals surface area contributed by atoms with Crippen LogP contribution in [0.2, 0.25) is 0 Å². The van der Waals surface area contributed by atoms with Crippen LogP contribution >= 0.6 is 0 Å². The van der Waals surface area contributed by atoms with Crippen molar-refractivity contribution in [2.45, 2.75) is 37.7 Å². The van der Waals surface area contributed by atoms with Gasteiger partial charge in [0.2, 0.25) is 0 Å². The number of nitrogens with zero attached hydrogens (tertiary/aromatic N) is 1. The molecule has 4 atom stereocenters. The fraction of sp³-hybridized carbons (Fsp3) is 1.00. The van der Waals surface area contributed by atoms with Crippen molar-refractivity contribution in [2.24, 2.45) is 23.0 Å². The third-order valence-electron chi connectivity index (χ3n) is 5.71. The SMILES string of the molecule is CN1CCC(O)(C2(CN)CC3CCC2C3)C1. The van der Waals surface area contributed by atoms with Gasteiger partial charge in [-0.25, -0.2) is 0 Å². The van der Waals surface area contributed by atoms with Crippen molar-refractivity contribution in [3.63, 3.8) is 0 Å². The van der Waals surface area contributed by atoms with Crippen LogP contribution in [0, 0.1) is 17.3 Å². The summed E-state index contributed by atoms with van der Waals surface area (Å²) in [6.07, 6.45) is 6.10. The molecule has 3 nitrogen and oxygen atoms in total. The molecule has 0 amide bonds. The van der Waals surface area contributed by atoms with Crippen molar-refractivity contribution < 1.29 is 5.11 Å². The molecule has 0 spiro atoms. The first-order valence-electron chi connectivity index (χ1n) is 6.71. The second kappa shape index (κ2) is 3.44. The minimum atomic E-state index is -0.504. The number of hydrogen-bond acceptors (Lipinski definition) is 3. The highest BCUT2D eigenvalue weighted by molar-refractivity contribution is 5.13. The van der Waals surface area contributed by atoms with E-state index in [2.05, 4.69) is 11.9 Å². The summed E-state index contributed by atoms with van der Waals surface area (Å²) in [5.41, 5.74) is 5.63. The largest absolute Gasteiger partial charge is 0.388 e. The fourth-order valence-corrected chi connectivity index (χ4v) is 4.84. The predicted molar refractivity (Wildman–Crippen MR) is 64.0 cm³/mol. The fourth-order valence-electron chi connectivity index (χ4n) is 4.84. The van der Waals surface area contributed by atoms with Gasteiger partial charge in [0.25, 0.3) is 0 Å². The normalized spacial score (nSPS) is 52.7. The lowest BCUT2D eigenvalue weighted by atomic mass is 9.62. The number of aliphatic hydroxyl groups is 1. The van der Waals surface area contributed by atoms with Gasteiger partial charge in [-0.3, -0.25) is 0 Å². The molecule has 3 N–H and O–H groups in total. The number of likely N-dealkylation sites (tertiary alicyclic amines) is 1. The van der Waals surface area contributed by atoms with Crippen molar-refractivity contribution in [1.82, 2.24) is 4.90 Å². The Kier molecular flexibility index (Phi) is 2.36. The average molecular weight is 224 g/mol. The minimum Gasteiger partial charge on any atom is -0.388 e. The molecule has 0 aromatic carbocycles. The van der Waals surface area contributed by atoms with Gasteiger partial charge >= 0.3 is 0 Å². The Hall–Kier alpha value is -0.120. The lowest BCUT2D eigenvalue weighted by Crippen LogP contribution is -2.56. The topological polar surface area (TPSA) is 49.5 Å². The summed E-state index contributed by atoms with van der Waals surface area (Å²) in [6, 6.07) is 0. The second-order valence-electron chi connectivity index (χ2n) is 6.46. The van der Waals surface area contributed by atoms with E-state index in [0.29, 0.717) is 12.5 Å². The van der Waals surface area contributed by atoms with Gasteiger partial charge in [0, 0.05) is 25.0 Å². The highest BCUT2D eigenvalue weighted by Gasteiger charge is 2.61. The number of nitrogens with two attached hydrogens (primary N) is 1. The van der Waals surface area contributed by atoms with Gasteiger partial charge in [0.1, 0.15) is 0 Å². The number of rotatable bonds is 2. The van der Waals surface area contributed by atoms with Gasteiger partial charge in [0.15, 0.2) is 0 Å². The van der Waals surface area contributed by atoms with E-state index in [4.69, 9.17) is 5.73 Å². The number of hydrogen-bond donors (Lipinski definition) is 2. The van der Waals surface area contributed by atoms with E-state index < -0.39 is 5.60 Å². The Balaban J connectivity index is 1.91. The first kappa shape index (κ1) is 11.0. The van der Waals surface area contributed by atoms with Crippen LogP contribution in [-0.4, -0.2) is 42.3 Å². The molecular weight excluding hydrogens is 200 g/mol. The Morgan fingerprint density at radius 3 is 2.69 bits per heavy atom. The van der Waals surface area contributed by atoms with E-state index in [1.165, 1.54) is 25.7 Å². The maximum Gasteiger partial charge on any atom is 0.0856 e. The summed E-state index contributed by atoms with van der Waals surface area (Å²) in [5, 5.41) is 11.0. The van der Waals surface area contributed by atoms with Crippen molar-refractivity contribution in [3.8, 4) is 0 Å². The van der Waals surface area contributed by atoms with Crippen molar-refractivity contribution >= 4 is 0 Å². The maximum absolute atomic E-state index is 11.0. The first-order valence-corrected chi connectivity index (χ1v) is 6.71. The minimum absolute atomic E-state index is 0.0423. The van der Waals surface area contributed by atoms with E-state index in [1.807, 2.05) is 0 Å². The molecule has 2 aliphatic carbocycles. The van der Waals surface area contributed by atoms with Crippen LogP contribution in [0.25, 0.3) is 0 Å². The average Bonchev–Trinajstić information content (AvgIpc) is 2.93. The highest BCUT2D eigenvalue weighted by Crippen LogP contribution is 2.61. The third-order valence-corrected chi connectivity index (χ3v) is 5.71. The van der Waals surface area contributed by atoms with Crippen LogP contribution < -0.4 is 5.73 Å². The molecule has 16 heavy (non-hydrogen) atoms. The summed E-state index contributed by atoms with van der Waals surface area (Å²) < 4.78 is 0. The van der Waals surface area contributed by atoms with Crippen LogP contribution in [0.15, 0.2) is 0 Å². The quantitative estimate of drug-likeness (QED) is 0.730. The van der Waals surface area contributed by atoms with E-state index in [1.54, 1.807) is 0 Å². The van der Waals surface area contributed by atoms with Crippen LogP contribution in [0.1, 0.15) is 32.1 Å². The lowest BCUT2D eigenvalue weighted by Gasteiger charge is -2.48. The Morgan fingerprint density at radius 1 is 1.44 bits per heavy atom. The number of likely N-dealkylation sites (N-methyl/N-ethyl adjacent to an activating group) is 1. The Morgan fingerprint density at radius 2 is 2.25 bits per heavy atom. The van der Waals surface area contributed by atoms with Crippen molar-refractivity contribution in [3.05, 3.63) is 0 Å². The molecule has 3 aliphatic rings. The summed E-state index contributed by atoms with van der Waals surface area (Å²) in [6.45, 7) is 2.53. The number of β-amino-alcohol motifs (C(OH)–C–C–N with tert-alkyl or cyclic N) is 1. The second-order valence-corrected chi connectivity index (χ2v) is 6.46. The molecular formula is C13H24N2O. The van der Waals surface area contributed by atoms with E-state index in [0.717, 1.165) is 25.4 Å². The molecule has 3 fully saturated rings. The predicted octanol–water partition coefficient (Wildman–Crippen LogP) is 0.818. The van der Waals surface area contributed by atoms with Crippen LogP contribution in [0.5, 0.6) is 0 Å². The third kappa shape index (κ3) is 1.25. The molecule has 4 unspecified atom stereocenters. The zero-order chi connectivity index (χ0) is 11.4. The zero-order valence-electron chi connectivity index (χ0n) is 10.3. The Labute approximate surface area is 98.0 Å². The van der Waals surface area contributed by atoms with Gasteiger partial charge in [-0.15, -0.1) is 0 Å². The summed E-state index contributed by atoms with van der Waals surface area (Å²) in [4.78, 5) is 2.25. The summed E-state index contributed by atoms with van der Waals surface area (Å²) >= 11 is 0. The van der Waals surface area contributed by atoms with E-state index in [9.17, 15) is 5.11 Å². The molecule has 1 heterocycles. The first-order chi connectivity index (χ1) is 7.60. The van der Waals surface area contributed by atoms with Crippen LogP contribution in [0.4, 0.5) is 0 Å². The summed E-state index contributed by atoms with van der Waals surface area (Å²) in [5.74, 6) is 1.54. The standard InChI is InChI=1S/C13H24N2O/c1-15-5-4-13(16,9-15)12(8-14)7-10-2-3-11(12)6-10/h10-11,16H,2-9,14H2,1H3. The van der Waals surface area contributed by atoms with Crippen molar-refractivity contribution in [2.75, 3.05) is 26.7 Å². The van der Waals surface area contributed by atoms with Gasteiger partial charge in [0.05, 0.1) is 5.60 Å². The molecule has 0 radical (unpaired) electrons. The smallest absolute Gasteiger partial charge is 0.0856 e. The van der Waals surface area contributed by atoms with Crippen LogP contribution in [-0.2, 0) is 0 Å². The van der Waals surface area contributed by atoms with Gasteiger partial charge in [-0.2, -0.15) is 0 Å². The molecule has 3 heteroatoms. The Bertz CT molecular complexity index is 296. The molecule has 1 aliphatic heterocycles. The monoisotopic (exact) mass is 224 g/mol. The zero-order valence-corrected chi connectivity index (χ0v) is 10.3. The highest BCUT2D eigenvalue weighted by atomic mass is 16.3.